The van der Waals surface area contributed by atoms with Crippen LogP contribution in [0.25, 0.3) is 0 Å². The van der Waals surface area contributed by atoms with Gasteiger partial charge in [-0.15, -0.1) is 0 Å². The quantitative estimate of drug-likeness (QED) is 0.804. The zero-order valence-corrected chi connectivity index (χ0v) is 15.4. The molecular weight excluding hydrogens is 406 g/mol. The Hall–Kier alpha value is -2.28. The minimum Gasteiger partial charge on any atom is -0.339 e. The molecule has 0 aliphatic carbocycles. The van der Waals surface area contributed by atoms with Crippen LogP contribution >= 0.6 is 15.9 Å². The fourth-order valence-electron chi connectivity index (χ4n) is 2.95. The van der Waals surface area contributed by atoms with Gasteiger partial charge in [-0.3, -0.25) is 9.59 Å². The van der Waals surface area contributed by atoms with Crippen LogP contribution in [-0.4, -0.2) is 29.8 Å². The van der Waals surface area contributed by atoms with Crippen molar-refractivity contribution in [3.05, 3.63) is 64.1 Å². The van der Waals surface area contributed by atoms with Crippen molar-refractivity contribution in [1.82, 2.24) is 4.90 Å². The molecule has 2 aromatic carbocycles. The summed E-state index contributed by atoms with van der Waals surface area (Å²) in [6.07, 6.45) is 0.994. The first-order chi connectivity index (χ1) is 12.4. The molecule has 1 aliphatic rings. The third-order valence-corrected chi connectivity index (χ3v) is 4.93. The molecule has 2 amide bonds. The van der Waals surface area contributed by atoms with Gasteiger partial charge in [-0.1, -0.05) is 15.9 Å². The van der Waals surface area contributed by atoms with Crippen molar-refractivity contribution >= 4 is 33.4 Å². The van der Waals surface area contributed by atoms with E-state index >= 15 is 0 Å². The molecular formula is C19H17BrF2N2O2. The SMILES string of the molecule is O=C(Nc1ccc(Br)cc1F)C1CCN(C(=O)c2ccc(F)cc2)CC1. The molecule has 0 spiro atoms. The van der Waals surface area contributed by atoms with E-state index in [0.29, 0.717) is 36.0 Å². The molecule has 7 heteroatoms. The monoisotopic (exact) mass is 422 g/mol. The first kappa shape index (κ1) is 18.5. The second-order valence-corrected chi connectivity index (χ2v) is 7.10. The summed E-state index contributed by atoms with van der Waals surface area (Å²) in [6.45, 7) is 0.855. The zero-order chi connectivity index (χ0) is 18.7. The summed E-state index contributed by atoms with van der Waals surface area (Å²) in [5, 5.41) is 2.61. The van der Waals surface area contributed by atoms with Crippen molar-refractivity contribution < 1.29 is 18.4 Å². The highest BCUT2D eigenvalue weighted by Gasteiger charge is 2.28. The molecule has 1 N–H and O–H groups in total. The highest BCUT2D eigenvalue weighted by atomic mass is 79.9. The highest BCUT2D eigenvalue weighted by Crippen LogP contribution is 2.23. The summed E-state index contributed by atoms with van der Waals surface area (Å²) in [6, 6.07) is 9.85. The summed E-state index contributed by atoms with van der Waals surface area (Å²) >= 11 is 3.17. The van der Waals surface area contributed by atoms with Crippen molar-refractivity contribution in [3.63, 3.8) is 0 Å². The van der Waals surface area contributed by atoms with E-state index in [1.807, 2.05) is 0 Å². The van der Waals surface area contributed by atoms with E-state index < -0.39 is 11.6 Å². The number of carbonyl (C=O) groups is 2. The minimum atomic E-state index is -0.503. The van der Waals surface area contributed by atoms with Gasteiger partial charge in [0.05, 0.1) is 5.69 Å². The number of halogens is 3. The fraction of sp³-hybridized carbons (Fsp3) is 0.263. The maximum Gasteiger partial charge on any atom is 0.253 e. The highest BCUT2D eigenvalue weighted by molar-refractivity contribution is 9.10. The second kappa shape index (κ2) is 7.95. The molecule has 1 fully saturated rings. The number of hydrogen-bond acceptors (Lipinski definition) is 2. The molecule has 3 rings (SSSR count). The molecule has 0 bridgehead atoms. The smallest absolute Gasteiger partial charge is 0.253 e. The maximum absolute atomic E-state index is 13.8. The van der Waals surface area contributed by atoms with Crippen LogP contribution in [0.1, 0.15) is 23.2 Å². The van der Waals surface area contributed by atoms with E-state index in [1.165, 1.54) is 36.4 Å². The van der Waals surface area contributed by atoms with Gasteiger partial charge in [0.2, 0.25) is 5.91 Å². The second-order valence-electron chi connectivity index (χ2n) is 6.19. The molecule has 0 radical (unpaired) electrons. The third kappa shape index (κ3) is 4.27. The molecule has 0 atom stereocenters. The Balaban J connectivity index is 1.56. The molecule has 0 saturated carbocycles. The number of piperidine rings is 1. The predicted molar refractivity (Wildman–Crippen MR) is 97.8 cm³/mol. The number of rotatable bonds is 3. The fourth-order valence-corrected chi connectivity index (χ4v) is 3.28. The van der Waals surface area contributed by atoms with Gasteiger partial charge < -0.3 is 10.2 Å². The zero-order valence-electron chi connectivity index (χ0n) is 13.8. The number of nitrogens with one attached hydrogen (secondary N) is 1. The molecule has 1 aliphatic heterocycles. The van der Waals surface area contributed by atoms with Crippen molar-refractivity contribution in [2.24, 2.45) is 5.92 Å². The van der Waals surface area contributed by atoms with Gasteiger partial charge in [0, 0.05) is 29.0 Å². The van der Waals surface area contributed by atoms with Gasteiger partial charge in [0.15, 0.2) is 0 Å². The Kier molecular flexibility index (Phi) is 5.66. The average molecular weight is 423 g/mol. The molecule has 1 saturated heterocycles. The predicted octanol–water partition coefficient (Wildman–Crippen LogP) is 4.22. The van der Waals surface area contributed by atoms with Crippen molar-refractivity contribution in [3.8, 4) is 0 Å². The van der Waals surface area contributed by atoms with Gasteiger partial charge in [-0.2, -0.15) is 0 Å². The van der Waals surface area contributed by atoms with Crippen LogP contribution < -0.4 is 5.32 Å². The number of amides is 2. The summed E-state index contributed by atoms with van der Waals surface area (Å²) in [5.41, 5.74) is 0.564. The molecule has 0 aromatic heterocycles. The molecule has 1 heterocycles. The van der Waals surface area contributed by atoms with E-state index in [9.17, 15) is 18.4 Å². The molecule has 136 valence electrons. The molecule has 4 nitrogen and oxygen atoms in total. The van der Waals surface area contributed by atoms with Crippen LogP contribution in [0.4, 0.5) is 14.5 Å². The summed E-state index contributed by atoms with van der Waals surface area (Å²) in [4.78, 5) is 26.4. The lowest BCUT2D eigenvalue weighted by atomic mass is 9.95. The summed E-state index contributed by atoms with van der Waals surface area (Å²) in [5.74, 6) is -1.60. The van der Waals surface area contributed by atoms with Gasteiger partial charge in [0.25, 0.3) is 5.91 Å². The van der Waals surface area contributed by atoms with Crippen molar-refractivity contribution in [1.29, 1.82) is 0 Å². The summed E-state index contributed by atoms with van der Waals surface area (Å²) in [7, 11) is 0. The Labute approximate surface area is 158 Å². The van der Waals surface area contributed by atoms with Crippen LogP contribution in [0.2, 0.25) is 0 Å². The number of anilines is 1. The van der Waals surface area contributed by atoms with Gasteiger partial charge >= 0.3 is 0 Å². The molecule has 2 aromatic rings. The lowest BCUT2D eigenvalue weighted by molar-refractivity contribution is -0.121. The first-order valence-corrected chi connectivity index (χ1v) is 9.04. The normalized spacial score (nSPS) is 15.0. The van der Waals surface area contributed by atoms with Gasteiger partial charge in [-0.25, -0.2) is 8.78 Å². The summed E-state index contributed by atoms with van der Waals surface area (Å²) < 4.78 is 27.4. The number of nitrogens with zero attached hydrogens (tertiary/aromatic N) is 1. The molecule has 26 heavy (non-hydrogen) atoms. The van der Waals surface area contributed by atoms with E-state index in [1.54, 1.807) is 11.0 Å². The van der Waals surface area contributed by atoms with Gasteiger partial charge in [-0.05, 0) is 55.3 Å². The van der Waals surface area contributed by atoms with Crippen molar-refractivity contribution in [2.75, 3.05) is 18.4 Å². The Morgan fingerprint density at radius 3 is 2.31 bits per heavy atom. The van der Waals surface area contributed by atoms with Crippen molar-refractivity contribution in [2.45, 2.75) is 12.8 Å². The van der Waals surface area contributed by atoms with E-state index in [4.69, 9.17) is 0 Å². The third-order valence-electron chi connectivity index (χ3n) is 4.43. The Morgan fingerprint density at radius 2 is 1.69 bits per heavy atom. The lowest BCUT2D eigenvalue weighted by Crippen LogP contribution is -2.41. The number of hydrogen-bond donors (Lipinski definition) is 1. The van der Waals surface area contributed by atoms with Gasteiger partial charge in [0.1, 0.15) is 11.6 Å². The largest absolute Gasteiger partial charge is 0.339 e. The molecule has 0 unspecified atom stereocenters. The van der Waals surface area contributed by atoms with E-state index in [0.717, 1.165) is 0 Å². The Morgan fingerprint density at radius 1 is 1.04 bits per heavy atom. The number of carbonyl (C=O) groups excluding carboxylic acids is 2. The van der Waals surface area contributed by atoms with Crippen LogP contribution in [0.5, 0.6) is 0 Å². The van der Waals surface area contributed by atoms with Crippen LogP contribution in [0.3, 0.4) is 0 Å². The number of likely N-dealkylation sites (tertiary alicyclic amines) is 1. The van der Waals surface area contributed by atoms with Crippen LogP contribution in [0.15, 0.2) is 46.9 Å². The minimum absolute atomic E-state index is 0.142. The van der Waals surface area contributed by atoms with E-state index in [-0.39, 0.29) is 23.4 Å². The Bertz CT molecular complexity index is 819. The number of benzene rings is 2. The van der Waals surface area contributed by atoms with Crippen LogP contribution in [-0.2, 0) is 4.79 Å². The topological polar surface area (TPSA) is 49.4 Å². The first-order valence-electron chi connectivity index (χ1n) is 8.25. The van der Waals surface area contributed by atoms with E-state index in [2.05, 4.69) is 21.2 Å². The average Bonchev–Trinajstić information content (AvgIpc) is 2.64. The van der Waals surface area contributed by atoms with Crippen LogP contribution in [0, 0.1) is 17.6 Å². The maximum atomic E-state index is 13.8. The lowest BCUT2D eigenvalue weighted by Gasteiger charge is -2.31. The standard InChI is InChI=1S/C19H17BrF2N2O2/c20-14-3-6-17(16(22)11-14)23-18(25)12-7-9-24(10-8-12)19(26)13-1-4-15(21)5-2-13/h1-6,11-12H,7-10H2,(H,23,25).